The molecule has 0 saturated carbocycles. The van der Waals surface area contributed by atoms with Crippen LogP contribution in [-0.2, 0) is 4.79 Å². The summed E-state index contributed by atoms with van der Waals surface area (Å²) in [5.74, 6) is -1.33. The maximum Gasteiger partial charge on any atom is 0.387 e. The minimum atomic E-state index is -3.18. The molecule has 0 unspecified atom stereocenters. The molecule has 5 nitrogen and oxygen atoms in total. The topological polar surface area (TPSA) is 59.6 Å². The van der Waals surface area contributed by atoms with Crippen molar-refractivity contribution < 1.29 is 31.8 Å². The molecular formula is C12H8F4N2O3S. The number of hydrogen-bond donors (Lipinski definition) is 2. The molecule has 0 aliphatic carbocycles. The Bertz CT molecular complexity index is 637. The summed E-state index contributed by atoms with van der Waals surface area (Å²) in [4.78, 5) is 11.5. The Morgan fingerprint density at radius 1 is 1.09 bits per heavy atom. The second kappa shape index (κ2) is 6.60. The first-order valence-electron chi connectivity index (χ1n) is 5.73. The van der Waals surface area contributed by atoms with Gasteiger partial charge in [0.1, 0.15) is 17.2 Å². The van der Waals surface area contributed by atoms with E-state index in [0.717, 1.165) is 12.1 Å². The van der Waals surface area contributed by atoms with Gasteiger partial charge in [-0.1, -0.05) is 0 Å². The van der Waals surface area contributed by atoms with E-state index in [4.69, 9.17) is 12.2 Å². The summed E-state index contributed by atoms with van der Waals surface area (Å²) < 4.78 is 57.4. The molecule has 22 heavy (non-hydrogen) atoms. The average Bonchev–Trinajstić information content (AvgIpc) is 2.69. The lowest BCUT2D eigenvalue weighted by molar-refractivity contribution is -0.115. The monoisotopic (exact) mass is 336 g/mol. The Balaban J connectivity index is 2.35. The van der Waals surface area contributed by atoms with Crippen LogP contribution in [-0.4, -0.2) is 24.2 Å². The highest BCUT2D eigenvalue weighted by Gasteiger charge is 2.21. The highest BCUT2D eigenvalue weighted by atomic mass is 32.1. The van der Waals surface area contributed by atoms with Crippen molar-refractivity contribution in [2.24, 2.45) is 0 Å². The first kappa shape index (κ1) is 16.0. The summed E-state index contributed by atoms with van der Waals surface area (Å²) in [5.41, 5.74) is 0.0657. The van der Waals surface area contributed by atoms with Crippen molar-refractivity contribution >= 4 is 29.3 Å². The quantitative estimate of drug-likeness (QED) is 0.491. The number of ether oxygens (including phenoxy) is 2. The third kappa shape index (κ3) is 4.07. The van der Waals surface area contributed by atoms with Gasteiger partial charge < -0.3 is 14.8 Å². The highest BCUT2D eigenvalue weighted by molar-refractivity contribution is 7.80. The van der Waals surface area contributed by atoms with E-state index in [0.29, 0.717) is 0 Å². The number of hydrogen-bond acceptors (Lipinski definition) is 4. The van der Waals surface area contributed by atoms with Crippen LogP contribution in [0.25, 0.3) is 6.08 Å². The Hall–Kier alpha value is -2.36. The van der Waals surface area contributed by atoms with Crippen LogP contribution in [0.5, 0.6) is 11.5 Å². The summed E-state index contributed by atoms with van der Waals surface area (Å²) in [6.45, 7) is -6.28. The van der Waals surface area contributed by atoms with Crippen molar-refractivity contribution in [2.75, 3.05) is 0 Å². The Morgan fingerprint density at radius 2 is 1.77 bits per heavy atom. The molecular weight excluding hydrogens is 328 g/mol. The molecule has 0 radical (unpaired) electrons. The number of halogens is 4. The predicted molar refractivity (Wildman–Crippen MR) is 71.6 cm³/mol. The number of nitrogens with one attached hydrogen (secondary N) is 2. The number of amides is 1. The molecule has 0 aromatic heterocycles. The molecule has 1 aromatic rings. The zero-order valence-corrected chi connectivity index (χ0v) is 11.4. The van der Waals surface area contributed by atoms with Crippen molar-refractivity contribution in [3.63, 3.8) is 0 Å². The second-order valence-corrected chi connectivity index (χ2v) is 4.33. The van der Waals surface area contributed by atoms with Gasteiger partial charge in [0.25, 0.3) is 5.91 Å². The number of alkyl halides is 4. The fourth-order valence-electron chi connectivity index (χ4n) is 1.65. The minimum absolute atomic E-state index is 0.00615. The van der Waals surface area contributed by atoms with Crippen LogP contribution in [0.1, 0.15) is 5.56 Å². The summed E-state index contributed by atoms with van der Waals surface area (Å²) >= 11 is 4.72. The van der Waals surface area contributed by atoms with E-state index in [2.05, 4.69) is 20.1 Å². The zero-order valence-electron chi connectivity index (χ0n) is 10.6. The molecule has 1 aliphatic heterocycles. The van der Waals surface area contributed by atoms with Crippen LogP contribution < -0.4 is 20.1 Å². The predicted octanol–water partition coefficient (Wildman–Crippen LogP) is 2.23. The van der Waals surface area contributed by atoms with Gasteiger partial charge in [-0.25, -0.2) is 0 Å². The number of rotatable bonds is 5. The van der Waals surface area contributed by atoms with E-state index in [1.807, 2.05) is 0 Å². The molecule has 1 saturated heterocycles. The van der Waals surface area contributed by atoms with Gasteiger partial charge in [-0.3, -0.25) is 10.1 Å². The van der Waals surface area contributed by atoms with E-state index in [1.165, 1.54) is 12.1 Å². The smallest absolute Gasteiger partial charge is 0.387 e. The number of thiocarbonyl (C=S) groups is 1. The lowest BCUT2D eigenvalue weighted by atomic mass is 10.1. The Labute approximate surface area is 126 Å². The molecule has 1 aromatic carbocycles. The van der Waals surface area contributed by atoms with Gasteiger partial charge in [-0.2, -0.15) is 17.6 Å². The number of carbonyl (C=O) groups excluding carboxylic acids is 1. The van der Waals surface area contributed by atoms with E-state index in [-0.39, 0.29) is 22.1 Å². The van der Waals surface area contributed by atoms with Crippen LogP contribution in [0.2, 0.25) is 0 Å². The van der Waals surface area contributed by atoms with Gasteiger partial charge >= 0.3 is 13.2 Å². The van der Waals surface area contributed by atoms with E-state index in [1.54, 1.807) is 0 Å². The highest BCUT2D eigenvalue weighted by Crippen LogP contribution is 2.29. The van der Waals surface area contributed by atoms with E-state index >= 15 is 0 Å². The average molecular weight is 336 g/mol. The minimum Gasteiger partial charge on any atom is -0.435 e. The van der Waals surface area contributed by atoms with Gasteiger partial charge in [-0.15, -0.1) is 0 Å². The van der Waals surface area contributed by atoms with Crippen LogP contribution in [0.15, 0.2) is 23.9 Å². The third-order valence-electron chi connectivity index (χ3n) is 2.45. The SMILES string of the molecule is O=C1NC(=S)N/C1=C\c1ccc(OC(F)F)cc1OC(F)F. The third-order valence-corrected chi connectivity index (χ3v) is 2.65. The Morgan fingerprint density at radius 3 is 2.32 bits per heavy atom. The van der Waals surface area contributed by atoms with Gasteiger partial charge in [-0.05, 0) is 30.4 Å². The molecule has 1 aliphatic rings. The van der Waals surface area contributed by atoms with Crippen LogP contribution in [0, 0.1) is 0 Å². The van der Waals surface area contributed by atoms with Crippen LogP contribution in [0.3, 0.4) is 0 Å². The van der Waals surface area contributed by atoms with Crippen molar-refractivity contribution in [1.29, 1.82) is 0 Å². The van der Waals surface area contributed by atoms with Gasteiger partial charge in [0.05, 0.1) is 0 Å². The Kier molecular flexibility index (Phi) is 4.81. The standard InChI is InChI=1S/C12H8F4N2O3S/c13-10(14)20-6-2-1-5(8(4-6)21-11(15)16)3-7-9(19)18-12(22)17-7/h1-4,10-11H,(H2,17,18,19,22)/b7-3-. The number of carbonyl (C=O) groups is 1. The molecule has 1 heterocycles. The normalized spacial score (nSPS) is 16.2. The van der Waals surface area contributed by atoms with Crippen molar-refractivity contribution in [3.8, 4) is 11.5 Å². The van der Waals surface area contributed by atoms with Crippen molar-refractivity contribution in [1.82, 2.24) is 10.6 Å². The van der Waals surface area contributed by atoms with Crippen molar-refractivity contribution in [3.05, 3.63) is 29.5 Å². The molecule has 0 bridgehead atoms. The van der Waals surface area contributed by atoms with Crippen LogP contribution >= 0.6 is 12.2 Å². The summed E-state index contributed by atoms with van der Waals surface area (Å²) in [5, 5.41) is 4.86. The lowest BCUT2D eigenvalue weighted by Gasteiger charge is -2.11. The molecule has 10 heteroatoms. The largest absolute Gasteiger partial charge is 0.435 e. The fraction of sp³-hybridized carbons (Fsp3) is 0.167. The molecule has 118 valence electrons. The summed E-state index contributed by atoms with van der Waals surface area (Å²) in [6, 6.07) is 3.19. The maximum atomic E-state index is 12.4. The molecule has 1 amide bonds. The van der Waals surface area contributed by atoms with Crippen LogP contribution in [0.4, 0.5) is 17.6 Å². The van der Waals surface area contributed by atoms with Gasteiger partial charge in [0.2, 0.25) is 0 Å². The molecule has 2 N–H and O–H groups in total. The summed E-state index contributed by atoms with van der Waals surface area (Å²) in [7, 11) is 0. The van der Waals surface area contributed by atoms with E-state index < -0.39 is 24.9 Å². The lowest BCUT2D eigenvalue weighted by Crippen LogP contribution is -2.21. The van der Waals surface area contributed by atoms with Gasteiger partial charge in [0, 0.05) is 11.6 Å². The van der Waals surface area contributed by atoms with Gasteiger partial charge in [0.15, 0.2) is 5.11 Å². The molecule has 0 atom stereocenters. The zero-order chi connectivity index (χ0) is 16.3. The maximum absolute atomic E-state index is 12.4. The van der Waals surface area contributed by atoms with Crippen molar-refractivity contribution in [2.45, 2.75) is 13.2 Å². The first-order chi connectivity index (χ1) is 10.3. The van der Waals surface area contributed by atoms with E-state index in [9.17, 15) is 22.4 Å². The first-order valence-corrected chi connectivity index (χ1v) is 6.13. The molecule has 0 spiro atoms. The number of benzene rings is 1. The molecule has 2 rings (SSSR count). The molecule has 1 fully saturated rings. The summed E-state index contributed by atoms with van der Waals surface area (Å²) in [6.07, 6.45) is 1.19. The fourth-order valence-corrected chi connectivity index (χ4v) is 1.85. The second-order valence-electron chi connectivity index (χ2n) is 3.92.